The number of aliphatic hydroxyl groups excluding tert-OH is 1. The van der Waals surface area contributed by atoms with Crippen LogP contribution in [-0.2, 0) is 0 Å². The van der Waals surface area contributed by atoms with E-state index >= 15 is 0 Å². The van der Waals surface area contributed by atoms with E-state index in [9.17, 15) is 9.50 Å². The molecule has 0 amide bonds. The van der Waals surface area contributed by atoms with Gasteiger partial charge in [-0.05, 0) is 30.9 Å². The molecule has 1 aromatic carbocycles. The molecule has 4 heteroatoms. The summed E-state index contributed by atoms with van der Waals surface area (Å²) >= 11 is 5.66. The zero-order chi connectivity index (χ0) is 13.0. The highest BCUT2D eigenvalue weighted by molar-refractivity contribution is 6.30. The fraction of sp³-hybridized carbons (Fsp3) is 0.538. The molecule has 0 fully saturated rings. The smallest absolute Gasteiger partial charge is 0.129 e. The minimum Gasteiger partial charge on any atom is -0.391 e. The molecule has 0 saturated heterocycles. The van der Waals surface area contributed by atoms with Crippen molar-refractivity contribution in [2.75, 3.05) is 0 Å². The second kappa shape index (κ2) is 6.34. The first-order valence-corrected chi connectivity index (χ1v) is 6.18. The van der Waals surface area contributed by atoms with Gasteiger partial charge < -0.3 is 10.8 Å². The summed E-state index contributed by atoms with van der Waals surface area (Å²) in [6, 6.07) is 3.62. The number of halogens is 2. The van der Waals surface area contributed by atoms with Crippen LogP contribution in [0, 0.1) is 11.7 Å². The van der Waals surface area contributed by atoms with E-state index in [-0.39, 0.29) is 0 Å². The summed E-state index contributed by atoms with van der Waals surface area (Å²) in [6.45, 7) is 4.14. The summed E-state index contributed by atoms with van der Waals surface area (Å²) in [6.07, 6.45) is 0.707. The van der Waals surface area contributed by atoms with Crippen molar-refractivity contribution in [1.82, 2.24) is 0 Å². The number of hydrogen-bond donors (Lipinski definition) is 2. The third kappa shape index (κ3) is 4.26. The molecule has 17 heavy (non-hydrogen) atoms. The Morgan fingerprint density at radius 1 is 1.35 bits per heavy atom. The van der Waals surface area contributed by atoms with Crippen LogP contribution in [-0.4, -0.2) is 11.2 Å². The zero-order valence-corrected chi connectivity index (χ0v) is 10.9. The Kier molecular flexibility index (Phi) is 5.37. The standard InChI is InChI=1S/C13H19ClFNO/c1-8(2)3-6-12(17)13(16)10-5-4-9(14)7-11(10)15/h4-5,7-8,12-13,17H,3,6,16H2,1-2H3/t12-,13+/m0/s1. The molecule has 1 rings (SSSR count). The normalized spacial score (nSPS) is 15.0. The highest BCUT2D eigenvalue weighted by Crippen LogP contribution is 2.24. The van der Waals surface area contributed by atoms with Crippen molar-refractivity contribution in [2.45, 2.75) is 38.8 Å². The Labute approximate surface area is 107 Å². The molecule has 0 aromatic heterocycles. The van der Waals surface area contributed by atoms with Gasteiger partial charge in [0.1, 0.15) is 5.82 Å². The van der Waals surface area contributed by atoms with Gasteiger partial charge in [-0.25, -0.2) is 4.39 Å². The summed E-state index contributed by atoms with van der Waals surface area (Å²) in [5.41, 5.74) is 6.15. The first kappa shape index (κ1) is 14.4. The van der Waals surface area contributed by atoms with Gasteiger partial charge in [-0.15, -0.1) is 0 Å². The molecule has 0 aliphatic rings. The Hall–Kier alpha value is -0.640. The quantitative estimate of drug-likeness (QED) is 0.853. The van der Waals surface area contributed by atoms with Crippen LogP contribution in [0.5, 0.6) is 0 Å². The van der Waals surface area contributed by atoms with E-state index in [0.29, 0.717) is 22.9 Å². The average Bonchev–Trinajstić information content (AvgIpc) is 2.25. The van der Waals surface area contributed by atoms with E-state index < -0.39 is 18.0 Å². The van der Waals surface area contributed by atoms with E-state index in [1.807, 2.05) is 0 Å². The van der Waals surface area contributed by atoms with Crippen molar-refractivity contribution in [1.29, 1.82) is 0 Å². The van der Waals surface area contributed by atoms with Gasteiger partial charge >= 0.3 is 0 Å². The molecule has 96 valence electrons. The van der Waals surface area contributed by atoms with Crippen molar-refractivity contribution in [3.63, 3.8) is 0 Å². The molecule has 2 atom stereocenters. The second-order valence-corrected chi connectivity index (χ2v) is 5.17. The summed E-state index contributed by atoms with van der Waals surface area (Å²) in [5.74, 6) is 0.0283. The van der Waals surface area contributed by atoms with Crippen LogP contribution in [0.15, 0.2) is 18.2 Å². The molecule has 0 saturated carbocycles. The highest BCUT2D eigenvalue weighted by atomic mass is 35.5. The van der Waals surface area contributed by atoms with Crippen molar-refractivity contribution in [3.05, 3.63) is 34.6 Å². The minimum absolute atomic E-state index is 0.311. The summed E-state index contributed by atoms with van der Waals surface area (Å²) in [5, 5.41) is 10.2. The molecular weight excluding hydrogens is 241 g/mol. The van der Waals surface area contributed by atoms with Crippen LogP contribution >= 0.6 is 11.6 Å². The molecule has 1 aromatic rings. The number of benzene rings is 1. The van der Waals surface area contributed by atoms with Crippen LogP contribution in [0.4, 0.5) is 4.39 Å². The maximum Gasteiger partial charge on any atom is 0.129 e. The lowest BCUT2D eigenvalue weighted by Crippen LogP contribution is -2.27. The molecule has 0 unspecified atom stereocenters. The van der Waals surface area contributed by atoms with Crippen LogP contribution in [0.1, 0.15) is 38.3 Å². The van der Waals surface area contributed by atoms with Crippen LogP contribution in [0.25, 0.3) is 0 Å². The SMILES string of the molecule is CC(C)CC[C@H](O)[C@H](N)c1ccc(Cl)cc1F. The van der Waals surface area contributed by atoms with Crippen LogP contribution in [0.3, 0.4) is 0 Å². The monoisotopic (exact) mass is 259 g/mol. The summed E-state index contributed by atoms with van der Waals surface area (Å²) < 4.78 is 13.6. The maximum absolute atomic E-state index is 13.6. The molecule has 2 nitrogen and oxygen atoms in total. The first-order chi connectivity index (χ1) is 7.91. The Bertz CT molecular complexity index is 370. The molecule has 0 aliphatic heterocycles. The van der Waals surface area contributed by atoms with E-state index in [1.165, 1.54) is 12.1 Å². The fourth-order valence-corrected chi connectivity index (χ4v) is 1.82. The van der Waals surface area contributed by atoms with Crippen molar-refractivity contribution < 1.29 is 9.50 Å². The predicted octanol–water partition coefficient (Wildman–Crippen LogP) is 3.28. The molecule has 0 spiro atoms. The second-order valence-electron chi connectivity index (χ2n) is 4.73. The van der Waals surface area contributed by atoms with Gasteiger partial charge in [-0.2, -0.15) is 0 Å². The lowest BCUT2D eigenvalue weighted by Gasteiger charge is -2.20. The lowest BCUT2D eigenvalue weighted by atomic mass is 9.96. The molecule has 0 bridgehead atoms. The molecular formula is C13H19ClFNO. The Morgan fingerprint density at radius 3 is 2.53 bits per heavy atom. The third-order valence-corrected chi connectivity index (χ3v) is 3.01. The molecule has 0 aliphatic carbocycles. The van der Waals surface area contributed by atoms with Crippen molar-refractivity contribution in [3.8, 4) is 0 Å². The maximum atomic E-state index is 13.6. The Morgan fingerprint density at radius 2 is 2.00 bits per heavy atom. The minimum atomic E-state index is -0.729. The number of rotatable bonds is 5. The Balaban J connectivity index is 2.71. The highest BCUT2D eigenvalue weighted by Gasteiger charge is 2.20. The summed E-state index contributed by atoms with van der Waals surface area (Å²) in [7, 11) is 0. The van der Waals surface area contributed by atoms with E-state index in [0.717, 1.165) is 6.42 Å². The first-order valence-electron chi connectivity index (χ1n) is 5.80. The van der Waals surface area contributed by atoms with E-state index in [1.54, 1.807) is 6.07 Å². The van der Waals surface area contributed by atoms with Crippen LogP contribution in [0.2, 0.25) is 5.02 Å². The van der Waals surface area contributed by atoms with E-state index in [4.69, 9.17) is 17.3 Å². The number of hydrogen-bond acceptors (Lipinski definition) is 2. The van der Waals surface area contributed by atoms with Crippen molar-refractivity contribution in [2.24, 2.45) is 11.7 Å². The molecule has 0 radical (unpaired) electrons. The van der Waals surface area contributed by atoms with Gasteiger partial charge in [-0.3, -0.25) is 0 Å². The van der Waals surface area contributed by atoms with Gasteiger partial charge in [0.05, 0.1) is 12.1 Å². The van der Waals surface area contributed by atoms with Gasteiger partial charge in [0.2, 0.25) is 0 Å². The molecule has 0 heterocycles. The molecule has 3 N–H and O–H groups in total. The average molecular weight is 260 g/mol. The lowest BCUT2D eigenvalue weighted by molar-refractivity contribution is 0.127. The van der Waals surface area contributed by atoms with Gasteiger partial charge in [-0.1, -0.05) is 31.5 Å². The van der Waals surface area contributed by atoms with Gasteiger partial charge in [0.15, 0.2) is 0 Å². The predicted molar refractivity (Wildman–Crippen MR) is 68.4 cm³/mol. The summed E-state index contributed by atoms with van der Waals surface area (Å²) in [4.78, 5) is 0. The topological polar surface area (TPSA) is 46.2 Å². The zero-order valence-electron chi connectivity index (χ0n) is 10.2. The van der Waals surface area contributed by atoms with Crippen molar-refractivity contribution >= 4 is 11.6 Å². The van der Waals surface area contributed by atoms with Crippen LogP contribution < -0.4 is 5.73 Å². The van der Waals surface area contributed by atoms with E-state index in [2.05, 4.69) is 13.8 Å². The third-order valence-electron chi connectivity index (χ3n) is 2.78. The van der Waals surface area contributed by atoms with Gasteiger partial charge in [0.25, 0.3) is 0 Å². The largest absolute Gasteiger partial charge is 0.391 e. The van der Waals surface area contributed by atoms with Gasteiger partial charge in [0, 0.05) is 10.6 Å². The number of aliphatic hydroxyl groups is 1. The fourth-order valence-electron chi connectivity index (χ4n) is 1.66. The number of nitrogens with two attached hydrogens (primary N) is 1.